The molecule has 0 saturated heterocycles. The highest BCUT2D eigenvalue weighted by Gasteiger charge is 2.08. The summed E-state index contributed by atoms with van der Waals surface area (Å²) in [6.45, 7) is 8.09. The topological polar surface area (TPSA) is 41.8 Å². The van der Waals surface area contributed by atoms with Gasteiger partial charge in [0.1, 0.15) is 12.4 Å². The van der Waals surface area contributed by atoms with Crippen molar-refractivity contribution in [1.82, 2.24) is 0 Å². The molecule has 0 aliphatic rings. The average Bonchev–Trinajstić information content (AvgIpc) is 2.29. The normalized spacial score (nSPS) is 11.2. The fraction of sp³-hybridized carbons (Fsp3) is 0.308. The molecule has 0 aliphatic carbocycles. The van der Waals surface area contributed by atoms with Crippen molar-refractivity contribution in [3.63, 3.8) is 0 Å². The van der Waals surface area contributed by atoms with Gasteiger partial charge in [0.05, 0.1) is 5.71 Å². The molecule has 0 aromatic heterocycles. The molecule has 0 heterocycles. The lowest BCUT2D eigenvalue weighted by Gasteiger charge is -2.11. The van der Waals surface area contributed by atoms with Gasteiger partial charge in [-0.2, -0.15) is 0 Å². The van der Waals surface area contributed by atoms with Crippen molar-refractivity contribution >= 4 is 5.71 Å². The minimum atomic E-state index is 0.472. The number of para-hydroxylation sites is 1. The fourth-order valence-electron chi connectivity index (χ4n) is 1.35. The lowest BCUT2D eigenvalue weighted by atomic mass is 10.1. The molecule has 0 spiro atoms. The predicted octanol–water partition coefficient (Wildman–Crippen LogP) is 3.23. The van der Waals surface area contributed by atoms with Crippen LogP contribution in [0.2, 0.25) is 0 Å². The van der Waals surface area contributed by atoms with E-state index in [9.17, 15) is 0 Å². The first-order valence-electron chi connectivity index (χ1n) is 5.26. The van der Waals surface area contributed by atoms with Crippen LogP contribution in [0, 0.1) is 0 Å². The predicted molar refractivity (Wildman–Crippen MR) is 65.4 cm³/mol. The second-order valence-electron chi connectivity index (χ2n) is 3.64. The molecule has 3 heteroatoms. The van der Waals surface area contributed by atoms with E-state index < -0.39 is 0 Å². The zero-order valence-corrected chi connectivity index (χ0v) is 9.73. The van der Waals surface area contributed by atoms with E-state index in [1.807, 2.05) is 38.1 Å². The molecule has 1 N–H and O–H groups in total. The number of rotatable bonds is 5. The van der Waals surface area contributed by atoms with Crippen LogP contribution in [0.3, 0.4) is 0 Å². The molecule has 0 unspecified atom stereocenters. The molecule has 1 aromatic rings. The van der Waals surface area contributed by atoms with Crippen LogP contribution < -0.4 is 4.74 Å². The largest absolute Gasteiger partial charge is 0.489 e. The first-order valence-corrected chi connectivity index (χ1v) is 5.26. The Hall–Kier alpha value is -1.77. The van der Waals surface area contributed by atoms with Crippen molar-refractivity contribution < 1.29 is 9.94 Å². The minimum absolute atomic E-state index is 0.472. The van der Waals surface area contributed by atoms with Crippen molar-refractivity contribution in [3.8, 4) is 5.75 Å². The summed E-state index contributed by atoms with van der Waals surface area (Å²) in [6, 6.07) is 7.52. The molecule has 0 atom stereocenters. The highest BCUT2D eigenvalue weighted by Crippen LogP contribution is 2.20. The van der Waals surface area contributed by atoms with Crippen LogP contribution >= 0.6 is 0 Å². The summed E-state index contributed by atoms with van der Waals surface area (Å²) in [7, 11) is 0. The van der Waals surface area contributed by atoms with Gasteiger partial charge in [-0.25, -0.2) is 0 Å². The Kier molecular flexibility index (Phi) is 4.58. The lowest BCUT2D eigenvalue weighted by molar-refractivity contribution is 0.317. The van der Waals surface area contributed by atoms with Crippen molar-refractivity contribution in [2.75, 3.05) is 6.61 Å². The fourth-order valence-corrected chi connectivity index (χ4v) is 1.35. The zero-order chi connectivity index (χ0) is 12.0. The van der Waals surface area contributed by atoms with E-state index in [0.29, 0.717) is 18.7 Å². The first kappa shape index (κ1) is 12.3. The average molecular weight is 219 g/mol. The van der Waals surface area contributed by atoms with E-state index in [4.69, 9.17) is 9.94 Å². The molecule has 0 aliphatic heterocycles. The van der Waals surface area contributed by atoms with E-state index >= 15 is 0 Å². The minimum Gasteiger partial charge on any atom is -0.489 e. The van der Waals surface area contributed by atoms with E-state index in [1.165, 1.54) is 0 Å². The Morgan fingerprint density at radius 3 is 2.69 bits per heavy atom. The molecule has 0 fully saturated rings. The van der Waals surface area contributed by atoms with Crippen LogP contribution in [-0.4, -0.2) is 17.5 Å². The van der Waals surface area contributed by atoms with Gasteiger partial charge in [-0.1, -0.05) is 30.8 Å². The van der Waals surface area contributed by atoms with E-state index in [1.54, 1.807) is 0 Å². The quantitative estimate of drug-likeness (QED) is 0.357. The zero-order valence-electron chi connectivity index (χ0n) is 9.73. The Balaban J connectivity index is 2.95. The highest BCUT2D eigenvalue weighted by molar-refractivity contribution is 6.02. The number of ether oxygens (including phenoxy) is 1. The second kappa shape index (κ2) is 5.95. The number of hydrogen-bond acceptors (Lipinski definition) is 3. The van der Waals surface area contributed by atoms with Crippen LogP contribution in [0.15, 0.2) is 41.6 Å². The Morgan fingerprint density at radius 2 is 2.12 bits per heavy atom. The third-order valence-electron chi connectivity index (χ3n) is 2.13. The number of nitrogens with zero attached hydrogens (tertiary/aromatic N) is 1. The van der Waals surface area contributed by atoms with Crippen molar-refractivity contribution in [1.29, 1.82) is 0 Å². The van der Waals surface area contributed by atoms with E-state index in [2.05, 4.69) is 11.7 Å². The summed E-state index contributed by atoms with van der Waals surface area (Å²) in [6.07, 6.45) is 0.657. The number of oxime groups is 1. The van der Waals surface area contributed by atoms with E-state index in [-0.39, 0.29) is 0 Å². The maximum atomic E-state index is 8.90. The van der Waals surface area contributed by atoms with Gasteiger partial charge in [0, 0.05) is 5.56 Å². The molecule has 0 saturated carbocycles. The first-order chi connectivity index (χ1) is 7.69. The molecule has 0 amide bonds. The van der Waals surface area contributed by atoms with Crippen LogP contribution in [0.1, 0.15) is 25.8 Å². The summed E-state index contributed by atoms with van der Waals surface area (Å²) in [5, 5.41) is 12.2. The van der Waals surface area contributed by atoms with Crippen molar-refractivity contribution in [3.05, 3.63) is 42.0 Å². The molecule has 16 heavy (non-hydrogen) atoms. The molecule has 1 aromatic carbocycles. The highest BCUT2D eigenvalue weighted by atomic mass is 16.5. The third-order valence-corrected chi connectivity index (χ3v) is 2.13. The molecule has 3 nitrogen and oxygen atoms in total. The van der Waals surface area contributed by atoms with Gasteiger partial charge in [-0.15, -0.1) is 0 Å². The Morgan fingerprint density at radius 1 is 1.44 bits per heavy atom. The van der Waals surface area contributed by atoms with Gasteiger partial charge in [-0.05, 0) is 31.1 Å². The molecule has 0 bridgehead atoms. The summed E-state index contributed by atoms with van der Waals surface area (Å²) in [4.78, 5) is 0. The summed E-state index contributed by atoms with van der Waals surface area (Å²) in [5.74, 6) is 0.722. The maximum Gasteiger partial charge on any atom is 0.128 e. The second-order valence-corrected chi connectivity index (χ2v) is 3.64. The molecular weight excluding hydrogens is 202 g/mol. The Labute approximate surface area is 96.1 Å². The van der Waals surface area contributed by atoms with Crippen molar-refractivity contribution in [2.24, 2.45) is 5.16 Å². The smallest absolute Gasteiger partial charge is 0.128 e. The third kappa shape index (κ3) is 3.12. The van der Waals surface area contributed by atoms with Crippen LogP contribution in [0.4, 0.5) is 0 Å². The van der Waals surface area contributed by atoms with Gasteiger partial charge in [0.2, 0.25) is 0 Å². The number of hydrogen-bond donors (Lipinski definition) is 1. The summed E-state index contributed by atoms with van der Waals surface area (Å²) >= 11 is 0. The molecule has 0 radical (unpaired) electrons. The van der Waals surface area contributed by atoms with Crippen LogP contribution in [0.25, 0.3) is 0 Å². The van der Waals surface area contributed by atoms with Crippen LogP contribution in [0.5, 0.6) is 5.75 Å². The summed E-state index contributed by atoms with van der Waals surface area (Å²) < 4.78 is 5.59. The lowest BCUT2D eigenvalue weighted by Crippen LogP contribution is -2.05. The molecule has 86 valence electrons. The standard InChI is InChI=1S/C13H17NO2/c1-4-12(14-15)11-7-5-6-8-13(11)16-9-10(2)3/h5-8,15H,2,4,9H2,1,3H3/b14-12+. The number of benzene rings is 1. The van der Waals surface area contributed by atoms with Gasteiger partial charge in [0.25, 0.3) is 0 Å². The monoisotopic (exact) mass is 219 g/mol. The molecule has 1 rings (SSSR count). The van der Waals surface area contributed by atoms with Gasteiger partial charge in [-0.3, -0.25) is 0 Å². The van der Waals surface area contributed by atoms with Gasteiger partial charge >= 0.3 is 0 Å². The van der Waals surface area contributed by atoms with E-state index in [0.717, 1.165) is 16.9 Å². The van der Waals surface area contributed by atoms with Crippen LogP contribution in [-0.2, 0) is 0 Å². The SMILES string of the molecule is C=C(C)COc1ccccc1/C(CC)=N/O. The maximum absolute atomic E-state index is 8.90. The molecular formula is C13H17NO2. The summed E-state index contributed by atoms with van der Waals surface area (Å²) in [5.41, 5.74) is 2.40. The van der Waals surface area contributed by atoms with Gasteiger partial charge in [0.15, 0.2) is 0 Å². The Bertz CT molecular complexity index is 397. The van der Waals surface area contributed by atoms with Crippen molar-refractivity contribution in [2.45, 2.75) is 20.3 Å². The van der Waals surface area contributed by atoms with Gasteiger partial charge < -0.3 is 9.94 Å².